The monoisotopic (exact) mass is 1430 g/mol. The number of aliphatic hydroxyl groups excluding tert-OH is 2. The fourth-order valence-electron chi connectivity index (χ4n) is 9.09. The number of cyclic esters (lactones) is 4. The fraction of sp³-hybridized carbons (Fsp3) is 0.753. The first-order chi connectivity index (χ1) is 47.8. The van der Waals surface area contributed by atoms with Gasteiger partial charge in [0.2, 0.25) is 0 Å². The molecular formula is C81H138O20. The van der Waals surface area contributed by atoms with Gasteiger partial charge in [-0.05, 0) is 166 Å². The number of aliphatic hydroxyl groups is 2. The predicted octanol–water partition coefficient (Wildman–Crippen LogP) is 17.0. The molecule has 0 radical (unpaired) electrons. The largest absolute Gasteiger partial charge is 0.481 e. The van der Waals surface area contributed by atoms with Gasteiger partial charge in [-0.25, -0.2) is 0 Å². The molecule has 2 saturated heterocycles. The summed E-state index contributed by atoms with van der Waals surface area (Å²) in [6.07, 6.45) is 42.5. The second-order valence-corrected chi connectivity index (χ2v) is 28.7. The molecule has 3 N–H and O–H groups in total. The standard InChI is InChI=1S/C23H40O5.C20H34O5.2C15H22O4.2C4H10O/c1-18(2)16-27-22(25)15-21(23(26)28-17-19(3)4)14-12-10-8-6-7-9-11-13-20(5)24;1-16(2)15-25-20(24)14-18(13-19(22)23)12-10-8-6-4-5-7-9-11-17(3)21;2*1-12(16)9-7-5-3-2-4-6-8-10-13-11-14(17)19-15(13)18;2*1-4(2)3-5/h10,12,18-19,21H,6-9,11,13-17H2,1-5H3;8,10,16,18H,4-7,9,11-15H2,1-3H3,(H,22,23);2*6,8,13H,2-5,7,9-11H2,1H3;2*4-5H,3H2,1-2H3/b12-10+;10-8+;2*8-6+;;. The molecule has 0 aromatic rings. The van der Waals surface area contributed by atoms with E-state index in [0.717, 1.165) is 128 Å². The Hall–Kier alpha value is -6.28. The second kappa shape index (κ2) is 69.4. The molecule has 582 valence electrons. The van der Waals surface area contributed by atoms with Gasteiger partial charge in [0.05, 0.1) is 56.8 Å². The molecule has 0 aromatic carbocycles. The Balaban J connectivity index is -0.000000598. The maximum atomic E-state index is 12.3. The number of esters is 7. The Labute approximate surface area is 608 Å². The predicted molar refractivity (Wildman–Crippen MR) is 397 cm³/mol. The van der Waals surface area contributed by atoms with E-state index in [1.54, 1.807) is 27.7 Å². The van der Waals surface area contributed by atoms with Crippen molar-refractivity contribution in [2.45, 2.75) is 309 Å². The number of carboxylic acids is 1. The van der Waals surface area contributed by atoms with Crippen LogP contribution in [0.15, 0.2) is 48.6 Å². The average molecular weight is 1430 g/mol. The SMILES string of the molecule is CC(=O)CCCCCC/C=C/CC(CC(=O)O)CC(=O)OCC(C)C.CC(=O)CCCCCC/C=C/CC(CC(=O)OCC(C)C)C(=O)OCC(C)C.CC(=O)CCCCCC/C=C/CC1CC(=O)OC1=O.CC(=O)CCCCCC/C=C/CC1CC(=O)OC1=O.CC(C)CO.CC(C)CO. The number of Topliss-reactive ketones (excluding diaryl/α,β-unsaturated/α-hetero) is 4. The summed E-state index contributed by atoms with van der Waals surface area (Å²) in [6, 6.07) is 0. The minimum atomic E-state index is -0.888. The first kappa shape index (κ1) is 101. The number of carbonyl (C=O) groups excluding carboxylic acids is 11. The number of hydrogen-bond acceptors (Lipinski definition) is 19. The molecular weight excluding hydrogens is 1290 g/mol. The first-order valence-corrected chi connectivity index (χ1v) is 37.7. The molecule has 4 atom stereocenters. The van der Waals surface area contributed by atoms with Crippen molar-refractivity contribution in [3.05, 3.63) is 48.6 Å². The van der Waals surface area contributed by atoms with Gasteiger partial charge < -0.3 is 58.2 Å². The lowest BCUT2D eigenvalue weighted by Crippen LogP contribution is -2.24. The van der Waals surface area contributed by atoms with Crippen molar-refractivity contribution in [3.8, 4) is 0 Å². The lowest BCUT2D eigenvalue weighted by atomic mass is 9.97. The van der Waals surface area contributed by atoms with E-state index in [2.05, 4.69) is 33.8 Å². The van der Waals surface area contributed by atoms with Gasteiger partial charge in [-0.3, -0.25) is 38.4 Å². The Morgan fingerprint density at radius 2 is 0.693 bits per heavy atom. The Bertz CT molecular complexity index is 2300. The van der Waals surface area contributed by atoms with E-state index in [4.69, 9.17) is 29.5 Å². The van der Waals surface area contributed by atoms with Crippen molar-refractivity contribution >= 4 is 70.9 Å². The number of carbonyl (C=O) groups is 12. The molecule has 0 saturated carbocycles. The van der Waals surface area contributed by atoms with E-state index < -0.39 is 23.8 Å². The van der Waals surface area contributed by atoms with Crippen LogP contribution in [0.25, 0.3) is 0 Å². The maximum Gasteiger partial charge on any atom is 0.317 e. The summed E-state index contributed by atoms with van der Waals surface area (Å²) in [5.74, 6) is -2.05. The molecule has 20 heteroatoms. The molecule has 2 rings (SSSR count). The molecule has 2 aliphatic heterocycles. The lowest BCUT2D eigenvalue weighted by Gasteiger charge is -2.15. The summed E-state index contributed by atoms with van der Waals surface area (Å²) in [5.41, 5.74) is 0. The molecule has 0 aliphatic carbocycles. The van der Waals surface area contributed by atoms with Crippen LogP contribution < -0.4 is 0 Å². The van der Waals surface area contributed by atoms with E-state index in [-0.39, 0.29) is 121 Å². The van der Waals surface area contributed by atoms with Crippen molar-refractivity contribution < 1.29 is 96.5 Å². The van der Waals surface area contributed by atoms with Gasteiger partial charge in [-0.1, -0.05) is 169 Å². The van der Waals surface area contributed by atoms with Crippen LogP contribution in [0.2, 0.25) is 0 Å². The van der Waals surface area contributed by atoms with Crippen molar-refractivity contribution in [2.24, 2.45) is 53.3 Å². The summed E-state index contributed by atoms with van der Waals surface area (Å²) in [5, 5.41) is 25.3. The average Bonchev–Trinajstić information content (AvgIpc) is 1.78. The van der Waals surface area contributed by atoms with Crippen LogP contribution in [0.3, 0.4) is 0 Å². The zero-order chi connectivity index (χ0) is 77.2. The van der Waals surface area contributed by atoms with E-state index in [1.807, 2.05) is 93.5 Å². The number of unbranched alkanes of at least 4 members (excludes halogenated alkanes) is 16. The second-order valence-electron chi connectivity index (χ2n) is 28.7. The van der Waals surface area contributed by atoms with Gasteiger partial charge in [0, 0.05) is 51.7 Å². The number of carboxylic acid groups (broad SMARTS) is 1. The maximum absolute atomic E-state index is 12.3. The zero-order valence-corrected chi connectivity index (χ0v) is 65.0. The van der Waals surface area contributed by atoms with Gasteiger partial charge in [-0.15, -0.1) is 0 Å². The number of aliphatic carboxylic acids is 1. The van der Waals surface area contributed by atoms with E-state index in [9.17, 15) is 57.5 Å². The molecule has 0 aromatic heterocycles. The molecule has 0 amide bonds. The third kappa shape index (κ3) is 77.7. The minimum absolute atomic E-state index is 0.0217. The fourth-order valence-corrected chi connectivity index (χ4v) is 9.09. The van der Waals surface area contributed by atoms with Gasteiger partial charge in [0.25, 0.3) is 0 Å². The number of rotatable bonds is 51. The van der Waals surface area contributed by atoms with Crippen LogP contribution in [-0.4, -0.2) is 119 Å². The van der Waals surface area contributed by atoms with Gasteiger partial charge in [0.1, 0.15) is 23.1 Å². The molecule has 2 heterocycles. The van der Waals surface area contributed by atoms with Crippen molar-refractivity contribution in [1.82, 2.24) is 0 Å². The van der Waals surface area contributed by atoms with Crippen LogP contribution in [0.4, 0.5) is 0 Å². The topological polar surface area (TPSA) is 312 Å². The molecule has 2 fully saturated rings. The molecule has 0 spiro atoms. The number of ether oxygens (including phenoxy) is 5. The molecule has 20 nitrogen and oxygen atoms in total. The summed E-state index contributed by atoms with van der Waals surface area (Å²) < 4.78 is 24.6. The van der Waals surface area contributed by atoms with Crippen LogP contribution in [0, 0.1) is 53.3 Å². The summed E-state index contributed by atoms with van der Waals surface area (Å²) in [7, 11) is 0. The Kier molecular flexibility index (Phi) is 69.5. The Morgan fingerprint density at radius 1 is 0.396 bits per heavy atom. The Morgan fingerprint density at radius 3 is 0.980 bits per heavy atom. The van der Waals surface area contributed by atoms with E-state index in [1.165, 1.54) is 0 Å². The molecule has 2 aliphatic rings. The van der Waals surface area contributed by atoms with E-state index in [0.29, 0.717) is 96.2 Å². The van der Waals surface area contributed by atoms with Gasteiger partial charge >= 0.3 is 47.8 Å². The highest BCUT2D eigenvalue weighted by Gasteiger charge is 2.33. The summed E-state index contributed by atoms with van der Waals surface area (Å²) >= 11 is 0. The summed E-state index contributed by atoms with van der Waals surface area (Å²) in [4.78, 5) is 134. The number of hydrogen-bond donors (Lipinski definition) is 3. The van der Waals surface area contributed by atoms with Crippen LogP contribution in [0.1, 0.15) is 309 Å². The highest BCUT2D eigenvalue weighted by atomic mass is 16.6. The normalized spacial score (nSPS) is 14.7. The third-order valence-corrected chi connectivity index (χ3v) is 15.0. The number of allylic oxidation sites excluding steroid dienone is 8. The highest BCUT2D eigenvalue weighted by molar-refractivity contribution is 5.95. The van der Waals surface area contributed by atoms with Gasteiger partial charge in [-0.2, -0.15) is 0 Å². The summed E-state index contributed by atoms with van der Waals surface area (Å²) in [6.45, 7) is 27.9. The highest BCUT2D eigenvalue weighted by Crippen LogP contribution is 2.23. The first-order valence-electron chi connectivity index (χ1n) is 37.7. The van der Waals surface area contributed by atoms with Crippen molar-refractivity contribution in [3.63, 3.8) is 0 Å². The quantitative estimate of drug-likeness (QED) is 0.0167. The van der Waals surface area contributed by atoms with E-state index >= 15 is 0 Å². The van der Waals surface area contributed by atoms with Crippen molar-refractivity contribution in [2.75, 3.05) is 33.0 Å². The molecule has 0 bridgehead atoms. The number of ketones is 4. The molecule has 4 unspecified atom stereocenters. The molecule has 101 heavy (non-hydrogen) atoms. The van der Waals surface area contributed by atoms with Crippen LogP contribution in [0.5, 0.6) is 0 Å². The van der Waals surface area contributed by atoms with Crippen LogP contribution >= 0.6 is 0 Å². The third-order valence-electron chi connectivity index (χ3n) is 15.0. The van der Waals surface area contributed by atoms with Gasteiger partial charge in [0.15, 0.2) is 0 Å². The lowest BCUT2D eigenvalue weighted by molar-refractivity contribution is -0.156. The minimum Gasteiger partial charge on any atom is -0.481 e. The smallest absolute Gasteiger partial charge is 0.317 e. The van der Waals surface area contributed by atoms with Crippen molar-refractivity contribution in [1.29, 1.82) is 0 Å². The van der Waals surface area contributed by atoms with Crippen LogP contribution in [-0.2, 0) is 81.2 Å². The zero-order valence-electron chi connectivity index (χ0n) is 65.0.